The lowest BCUT2D eigenvalue weighted by Gasteiger charge is -2.28. The van der Waals surface area contributed by atoms with Crippen molar-refractivity contribution in [3.63, 3.8) is 0 Å². The molecule has 4 nitrogen and oxygen atoms in total. The quantitative estimate of drug-likeness (QED) is 0.598. The van der Waals surface area contributed by atoms with E-state index in [4.69, 9.17) is 0 Å². The fraction of sp³-hybridized carbons (Fsp3) is 0.333. The lowest BCUT2D eigenvalue weighted by atomic mass is 10.0. The second-order valence-corrected chi connectivity index (χ2v) is 8.20. The van der Waals surface area contributed by atoms with E-state index in [1.165, 1.54) is 12.1 Å². The summed E-state index contributed by atoms with van der Waals surface area (Å²) in [6.07, 6.45) is -1.26. The first-order valence-electron chi connectivity index (χ1n) is 9.45. The van der Waals surface area contributed by atoms with Crippen LogP contribution in [0.4, 0.5) is 24.5 Å². The van der Waals surface area contributed by atoms with Crippen molar-refractivity contribution in [2.45, 2.75) is 19.4 Å². The summed E-state index contributed by atoms with van der Waals surface area (Å²) in [7, 11) is 0. The molecule has 29 heavy (non-hydrogen) atoms. The number of alkyl halides is 2. The molecular weight excluding hydrogens is 397 g/mol. The number of benzene rings is 2. The lowest BCUT2D eigenvalue weighted by molar-refractivity contribution is 0.146. The predicted molar refractivity (Wildman–Crippen MR) is 112 cm³/mol. The van der Waals surface area contributed by atoms with Crippen molar-refractivity contribution >= 4 is 34.0 Å². The lowest BCUT2D eigenvalue weighted by Crippen LogP contribution is -2.32. The molecular formula is C21H21F3N4S. The summed E-state index contributed by atoms with van der Waals surface area (Å²) in [5, 5.41) is 12.3. The molecule has 1 aliphatic rings. The largest absolute Gasteiger partial charge is 0.377 e. The van der Waals surface area contributed by atoms with Gasteiger partial charge in [0.2, 0.25) is 0 Å². The van der Waals surface area contributed by atoms with Crippen LogP contribution in [-0.2, 0) is 0 Å². The van der Waals surface area contributed by atoms with Crippen LogP contribution in [0.1, 0.15) is 30.5 Å². The third kappa shape index (κ3) is 4.12. The molecule has 2 heterocycles. The van der Waals surface area contributed by atoms with E-state index in [1.54, 1.807) is 13.1 Å². The molecule has 3 aromatic rings. The van der Waals surface area contributed by atoms with Crippen LogP contribution in [0.5, 0.6) is 0 Å². The van der Waals surface area contributed by atoms with Gasteiger partial charge in [-0.25, -0.2) is 13.2 Å². The number of aromatic nitrogens is 2. The maximum absolute atomic E-state index is 14.5. The fourth-order valence-corrected chi connectivity index (χ4v) is 4.46. The molecule has 1 N–H and O–H groups in total. The minimum atomic E-state index is -2.85. The second kappa shape index (κ2) is 8.49. The second-order valence-electron chi connectivity index (χ2n) is 6.98. The third-order valence-corrected chi connectivity index (χ3v) is 6.07. The van der Waals surface area contributed by atoms with Gasteiger partial charge >= 0.3 is 0 Å². The van der Waals surface area contributed by atoms with Gasteiger partial charge in [0.25, 0.3) is 6.43 Å². The van der Waals surface area contributed by atoms with Crippen molar-refractivity contribution in [2.75, 3.05) is 34.8 Å². The number of halogens is 3. The van der Waals surface area contributed by atoms with Gasteiger partial charge in [-0.2, -0.15) is 22.0 Å². The summed E-state index contributed by atoms with van der Waals surface area (Å²) in [4.78, 5) is 2.33. The predicted octanol–water partition coefficient (Wildman–Crippen LogP) is 5.43. The van der Waals surface area contributed by atoms with Gasteiger partial charge in [-0.1, -0.05) is 18.2 Å². The van der Waals surface area contributed by atoms with Crippen LogP contribution in [-0.4, -0.2) is 34.8 Å². The van der Waals surface area contributed by atoms with Crippen LogP contribution in [0.3, 0.4) is 0 Å². The Hall–Kier alpha value is -2.48. The highest BCUT2D eigenvalue weighted by Gasteiger charge is 2.20. The zero-order valence-electron chi connectivity index (χ0n) is 15.9. The standard InChI is InChI=1S/C21H21F3N4S/c1-13(15-3-2-4-16(20(15)22)21(23)24)26-19-12-25-27-18-6-5-14(11-17(18)19)28-7-9-29-10-8-28/h2-6,11-13,21H,7-10H2,1H3,(H,26,27)/t13-/m1/s1. The van der Waals surface area contributed by atoms with Crippen LogP contribution in [0.2, 0.25) is 0 Å². The Balaban J connectivity index is 1.66. The van der Waals surface area contributed by atoms with Gasteiger partial charge < -0.3 is 10.2 Å². The molecule has 1 atom stereocenters. The number of anilines is 2. The number of hydrogen-bond acceptors (Lipinski definition) is 5. The van der Waals surface area contributed by atoms with E-state index in [-0.39, 0.29) is 5.56 Å². The van der Waals surface area contributed by atoms with Crippen LogP contribution in [0.15, 0.2) is 42.6 Å². The van der Waals surface area contributed by atoms with E-state index < -0.39 is 23.8 Å². The van der Waals surface area contributed by atoms with Gasteiger partial charge in [0.05, 0.1) is 29.0 Å². The SMILES string of the molecule is C[C@@H](Nc1cnnc2ccc(N3CCSCC3)cc12)c1cccc(C(F)F)c1F. The van der Waals surface area contributed by atoms with Crippen LogP contribution in [0, 0.1) is 5.82 Å². The first kappa shape index (κ1) is 19.8. The molecule has 0 spiro atoms. The Labute approximate surface area is 171 Å². The monoisotopic (exact) mass is 418 g/mol. The number of rotatable bonds is 5. The average Bonchev–Trinajstić information content (AvgIpc) is 2.74. The minimum Gasteiger partial charge on any atom is -0.377 e. The molecule has 1 aromatic heterocycles. The summed E-state index contributed by atoms with van der Waals surface area (Å²) in [5.74, 6) is 1.31. The smallest absolute Gasteiger partial charge is 0.266 e. The van der Waals surface area contributed by atoms with Crippen molar-refractivity contribution < 1.29 is 13.2 Å². The summed E-state index contributed by atoms with van der Waals surface area (Å²) in [6, 6.07) is 9.58. The number of thioether (sulfide) groups is 1. The zero-order valence-corrected chi connectivity index (χ0v) is 16.7. The highest BCUT2D eigenvalue weighted by atomic mass is 32.2. The van der Waals surface area contributed by atoms with E-state index >= 15 is 0 Å². The summed E-state index contributed by atoms with van der Waals surface area (Å²) in [6.45, 7) is 3.71. The summed E-state index contributed by atoms with van der Waals surface area (Å²) >= 11 is 1.95. The molecule has 0 unspecified atom stereocenters. The molecule has 0 aliphatic carbocycles. The van der Waals surface area contributed by atoms with Gasteiger partial charge in [0.15, 0.2) is 0 Å². The number of nitrogens with one attached hydrogen (secondary N) is 1. The van der Waals surface area contributed by atoms with Gasteiger partial charge in [-0.05, 0) is 25.1 Å². The molecule has 0 amide bonds. The number of nitrogens with zero attached hydrogens (tertiary/aromatic N) is 3. The number of hydrogen-bond donors (Lipinski definition) is 1. The molecule has 1 aliphatic heterocycles. The molecule has 4 rings (SSSR count). The minimum absolute atomic E-state index is 0.192. The maximum Gasteiger partial charge on any atom is 0.266 e. The van der Waals surface area contributed by atoms with Crippen LogP contribution >= 0.6 is 11.8 Å². The maximum atomic E-state index is 14.5. The highest BCUT2D eigenvalue weighted by molar-refractivity contribution is 7.99. The topological polar surface area (TPSA) is 41.1 Å². The van der Waals surface area contributed by atoms with E-state index in [0.717, 1.165) is 47.3 Å². The van der Waals surface area contributed by atoms with E-state index in [0.29, 0.717) is 5.69 Å². The molecule has 8 heteroatoms. The highest BCUT2D eigenvalue weighted by Crippen LogP contribution is 2.32. The first-order valence-corrected chi connectivity index (χ1v) is 10.6. The Kier molecular flexibility index (Phi) is 5.80. The Morgan fingerprint density at radius 3 is 2.62 bits per heavy atom. The van der Waals surface area contributed by atoms with Gasteiger partial charge in [-0.15, -0.1) is 0 Å². The summed E-state index contributed by atoms with van der Waals surface area (Å²) in [5.41, 5.74) is 2.13. The van der Waals surface area contributed by atoms with Crippen LogP contribution in [0.25, 0.3) is 10.9 Å². The van der Waals surface area contributed by atoms with E-state index in [2.05, 4.69) is 26.5 Å². The molecule has 152 valence electrons. The molecule has 0 radical (unpaired) electrons. The molecule has 1 saturated heterocycles. The molecule has 0 saturated carbocycles. The Morgan fingerprint density at radius 2 is 1.86 bits per heavy atom. The van der Waals surface area contributed by atoms with Gasteiger partial charge in [-0.3, -0.25) is 0 Å². The van der Waals surface area contributed by atoms with Crippen molar-refractivity contribution in [3.8, 4) is 0 Å². The molecule has 0 bridgehead atoms. The fourth-order valence-electron chi connectivity index (χ4n) is 3.56. The van der Waals surface area contributed by atoms with E-state index in [1.807, 2.05) is 23.9 Å². The zero-order chi connectivity index (χ0) is 20.4. The summed E-state index contributed by atoms with van der Waals surface area (Å²) < 4.78 is 40.6. The van der Waals surface area contributed by atoms with Crippen LogP contribution < -0.4 is 10.2 Å². The Morgan fingerprint density at radius 1 is 1.10 bits per heavy atom. The van der Waals surface area contributed by atoms with Crippen molar-refractivity contribution in [1.82, 2.24) is 10.2 Å². The number of fused-ring (bicyclic) bond motifs is 1. The third-order valence-electron chi connectivity index (χ3n) is 5.13. The molecule has 1 fully saturated rings. The normalized spacial score (nSPS) is 15.7. The Bertz CT molecular complexity index is 1010. The van der Waals surface area contributed by atoms with E-state index in [9.17, 15) is 13.2 Å². The van der Waals surface area contributed by atoms with Crippen molar-refractivity contribution in [3.05, 3.63) is 59.5 Å². The van der Waals surface area contributed by atoms with Gasteiger partial charge in [0, 0.05) is 41.2 Å². The van der Waals surface area contributed by atoms with Crippen molar-refractivity contribution in [1.29, 1.82) is 0 Å². The molecule has 2 aromatic carbocycles. The average molecular weight is 418 g/mol. The van der Waals surface area contributed by atoms with Gasteiger partial charge in [0.1, 0.15) is 5.82 Å². The first-order chi connectivity index (χ1) is 14.0. The van der Waals surface area contributed by atoms with Crippen molar-refractivity contribution in [2.24, 2.45) is 0 Å².